The molecule has 0 fully saturated rings. The molecule has 0 amide bonds. The number of nitrogens with zero attached hydrogens (tertiary/aromatic N) is 2. The molecule has 4 aromatic rings. The van der Waals surface area contributed by atoms with Crippen molar-refractivity contribution in [2.24, 2.45) is 0 Å². The highest BCUT2D eigenvalue weighted by atomic mass is 32.1. The van der Waals surface area contributed by atoms with Gasteiger partial charge in [-0.3, -0.25) is 4.40 Å². The summed E-state index contributed by atoms with van der Waals surface area (Å²) >= 11 is 1.70. The summed E-state index contributed by atoms with van der Waals surface area (Å²) in [6, 6.07) is 18.5. The van der Waals surface area contributed by atoms with E-state index in [0.717, 1.165) is 22.8 Å². The second-order valence-electron chi connectivity index (χ2n) is 5.16. The number of thiophene rings is 1. The highest BCUT2D eigenvalue weighted by Gasteiger charge is 2.15. The van der Waals surface area contributed by atoms with Gasteiger partial charge in [0.1, 0.15) is 17.2 Å². The quantitative estimate of drug-likeness (QED) is 0.569. The van der Waals surface area contributed by atoms with Gasteiger partial charge in [-0.1, -0.05) is 30.3 Å². The molecule has 1 aromatic carbocycles. The van der Waals surface area contributed by atoms with Gasteiger partial charge in [-0.15, -0.1) is 11.3 Å². The topological polar surface area (TPSA) is 29.3 Å². The van der Waals surface area contributed by atoms with E-state index in [-0.39, 0.29) is 0 Å². The Hall–Kier alpha value is -2.59. The van der Waals surface area contributed by atoms with Gasteiger partial charge >= 0.3 is 0 Å². The average molecular weight is 305 g/mol. The molecule has 0 saturated heterocycles. The third-order valence-electron chi connectivity index (χ3n) is 3.68. The highest BCUT2D eigenvalue weighted by molar-refractivity contribution is 7.13. The molecule has 0 bridgehead atoms. The fourth-order valence-corrected chi connectivity index (χ4v) is 3.26. The monoisotopic (exact) mass is 305 g/mol. The number of para-hydroxylation sites is 1. The molecule has 108 valence electrons. The maximum Gasteiger partial charge on any atom is 0.144 e. The molecule has 3 heterocycles. The number of benzene rings is 1. The predicted molar refractivity (Wildman–Crippen MR) is 93.0 cm³/mol. The van der Waals surface area contributed by atoms with Gasteiger partial charge in [0.2, 0.25) is 0 Å². The van der Waals surface area contributed by atoms with Gasteiger partial charge in [-0.05, 0) is 42.1 Å². The maximum atomic E-state index is 4.79. The number of aromatic nitrogens is 2. The van der Waals surface area contributed by atoms with E-state index in [1.165, 1.54) is 10.4 Å². The lowest BCUT2D eigenvalue weighted by Gasteiger charge is -2.10. The van der Waals surface area contributed by atoms with Crippen LogP contribution in [0, 0.1) is 6.92 Å². The first-order chi connectivity index (χ1) is 10.8. The third-order valence-corrected chi connectivity index (χ3v) is 4.56. The van der Waals surface area contributed by atoms with E-state index < -0.39 is 0 Å². The van der Waals surface area contributed by atoms with Gasteiger partial charge in [0.05, 0.1) is 4.88 Å². The molecular formula is C18H15N3S. The van der Waals surface area contributed by atoms with E-state index in [0.29, 0.717) is 0 Å². The van der Waals surface area contributed by atoms with Crippen LogP contribution in [-0.4, -0.2) is 9.38 Å². The molecule has 4 heteroatoms. The van der Waals surface area contributed by atoms with E-state index in [9.17, 15) is 0 Å². The Labute approximate surface area is 132 Å². The van der Waals surface area contributed by atoms with Crippen LogP contribution in [0.2, 0.25) is 0 Å². The van der Waals surface area contributed by atoms with Crippen LogP contribution in [0.25, 0.3) is 16.2 Å². The van der Waals surface area contributed by atoms with Crippen molar-refractivity contribution in [3.8, 4) is 10.6 Å². The number of rotatable bonds is 3. The van der Waals surface area contributed by atoms with Crippen molar-refractivity contribution in [2.45, 2.75) is 6.92 Å². The molecule has 0 aliphatic heterocycles. The summed E-state index contributed by atoms with van der Waals surface area (Å²) in [5.41, 5.74) is 4.25. The summed E-state index contributed by atoms with van der Waals surface area (Å²) in [5, 5.41) is 5.64. The zero-order chi connectivity index (χ0) is 14.9. The van der Waals surface area contributed by atoms with Crippen molar-refractivity contribution in [1.29, 1.82) is 0 Å². The van der Waals surface area contributed by atoms with Crippen molar-refractivity contribution in [1.82, 2.24) is 9.38 Å². The number of pyridine rings is 1. The SMILES string of the molecule is Cc1ccccc1Nc1c(-c2cccs2)nc2ccccn12. The van der Waals surface area contributed by atoms with Crippen LogP contribution in [0.3, 0.4) is 0 Å². The lowest BCUT2D eigenvalue weighted by atomic mass is 10.2. The van der Waals surface area contributed by atoms with Gasteiger partial charge in [0, 0.05) is 11.9 Å². The molecule has 22 heavy (non-hydrogen) atoms. The van der Waals surface area contributed by atoms with E-state index in [4.69, 9.17) is 4.98 Å². The summed E-state index contributed by atoms with van der Waals surface area (Å²) in [5.74, 6) is 1.01. The van der Waals surface area contributed by atoms with Crippen molar-refractivity contribution in [3.05, 3.63) is 71.7 Å². The first kappa shape index (κ1) is 13.1. The number of nitrogens with one attached hydrogen (secondary N) is 1. The van der Waals surface area contributed by atoms with Gasteiger partial charge in [-0.25, -0.2) is 4.98 Å². The Bertz CT molecular complexity index is 923. The number of anilines is 2. The second kappa shape index (κ2) is 5.31. The summed E-state index contributed by atoms with van der Waals surface area (Å²) < 4.78 is 2.10. The number of imidazole rings is 1. The van der Waals surface area contributed by atoms with Crippen LogP contribution in [0.4, 0.5) is 11.5 Å². The van der Waals surface area contributed by atoms with Crippen LogP contribution in [0.1, 0.15) is 5.56 Å². The molecule has 0 saturated carbocycles. The average Bonchev–Trinajstić information content (AvgIpc) is 3.17. The summed E-state index contributed by atoms with van der Waals surface area (Å²) in [6.45, 7) is 2.11. The van der Waals surface area contributed by atoms with E-state index in [2.05, 4.69) is 52.4 Å². The van der Waals surface area contributed by atoms with Crippen molar-refractivity contribution < 1.29 is 0 Å². The second-order valence-corrected chi connectivity index (χ2v) is 6.10. The lowest BCUT2D eigenvalue weighted by molar-refractivity contribution is 1.18. The molecule has 0 radical (unpaired) electrons. The van der Waals surface area contributed by atoms with Crippen LogP contribution in [0.15, 0.2) is 66.2 Å². The van der Waals surface area contributed by atoms with Gasteiger partial charge < -0.3 is 5.32 Å². The predicted octanol–water partition coefficient (Wildman–Crippen LogP) is 5.11. The molecule has 0 aliphatic carbocycles. The Morgan fingerprint density at radius 3 is 2.68 bits per heavy atom. The molecular weight excluding hydrogens is 290 g/mol. The molecule has 1 N–H and O–H groups in total. The normalized spacial score (nSPS) is 11.0. The minimum atomic E-state index is 0.946. The van der Waals surface area contributed by atoms with E-state index in [1.807, 2.05) is 30.5 Å². The Balaban J connectivity index is 1.91. The number of hydrogen-bond donors (Lipinski definition) is 1. The molecule has 0 atom stereocenters. The molecule has 3 aromatic heterocycles. The molecule has 0 spiro atoms. The first-order valence-corrected chi connectivity index (χ1v) is 8.04. The van der Waals surface area contributed by atoms with Gasteiger partial charge in [-0.2, -0.15) is 0 Å². The summed E-state index contributed by atoms with van der Waals surface area (Å²) in [6.07, 6.45) is 2.04. The maximum absolute atomic E-state index is 4.79. The smallest absolute Gasteiger partial charge is 0.144 e. The Morgan fingerprint density at radius 1 is 1.00 bits per heavy atom. The standard InChI is InChI=1S/C18H15N3S/c1-13-7-2-3-8-14(13)19-18-17(15-9-6-12-22-15)20-16-10-4-5-11-21(16)18/h2-12,19H,1H3. The number of hydrogen-bond acceptors (Lipinski definition) is 3. The third kappa shape index (κ3) is 2.18. The van der Waals surface area contributed by atoms with Crippen molar-refractivity contribution >= 4 is 28.5 Å². The first-order valence-electron chi connectivity index (χ1n) is 7.16. The molecule has 3 nitrogen and oxygen atoms in total. The van der Waals surface area contributed by atoms with Crippen molar-refractivity contribution in [2.75, 3.05) is 5.32 Å². The van der Waals surface area contributed by atoms with E-state index >= 15 is 0 Å². The van der Waals surface area contributed by atoms with Crippen LogP contribution in [0.5, 0.6) is 0 Å². The summed E-state index contributed by atoms with van der Waals surface area (Å²) in [7, 11) is 0. The zero-order valence-electron chi connectivity index (χ0n) is 12.2. The highest BCUT2D eigenvalue weighted by Crippen LogP contribution is 2.34. The van der Waals surface area contributed by atoms with Gasteiger partial charge in [0.15, 0.2) is 0 Å². The molecule has 0 aliphatic rings. The minimum absolute atomic E-state index is 0.946. The minimum Gasteiger partial charge on any atom is -0.339 e. The number of aryl methyl sites for hydroxylation is 1. The fraction of sp³-hybridized carbons (Fsp3) is 0.0556. The van der Waals surface area contributed by atoms with Crippen LogP contribution < -0.4 is 5.32 Å². The summed E-state index contributed by atoms with van der Waals surface area (Å²) in [4.78, 5) is 5.96. The Morgan fingerprint density at radius 2 is 1.86 bits per heavy atom. The lowest BCUT2D eigenvalue weighted by Crippen LogP contribution is -1.98. The van der Waals surface area contributed by atoms with Gasteiger partial charge in [0.25, 0.3) is 0 Å². The largest absolute Gasteiger partial charge is 0.339 e. The number of fused-ring (bicyclic) bond motifs is 1. The fourth-order valence-electron chi connectivity index (χ4n) is 2.54. The molecule has 4 rings (SSSR count). The Kier molecular flexibility index (Phi) is 3.16. The van der Waals surface area contributed by atoms with Crippen LogP contribution in [-0.2, 0) is 0 Å². The molecule has 0 unspecified atom stereocenters. The van der Waals surface area contributed by atoms with Crippen LogP contribution >= 0.6 is 11.3 Å². The van der Waals surface area contributed by atoms with Crippen molar-refractivity contribution in [3.63, 3.8) is 0 Å². The zero-order valence-corrected chi connectivity index (χ0v) is 13.0. The van der Waals surface area contributed by atoms with E-state index in [1.54, 1.807) is 11.3 Å².